The highest BCUT2D eigenvalue weighted by molar-refractivity contribution is 5.94. The van der Waals surface area contributed by atoms with Gasteiger partial charge in [-0.25, -0.2) is 9.59 Å². The van der Waals surface area contributed by atoms with Crippen LogP contribution in [0.15, 0.2) is 36.5 Å². The molecule has 2 aromatic rings. The summed E-state index contributed by atoms with van der Waals surface area (Å²) in [6, 6.07) is 12.4. The molecule has 1 aromatic carbocycles. The molecule has 9 heteroatoms. The van der Waals surface area contributed by atoms with Crippen LogP contribution in [0.3, 0.4) is 0 Å². The van der Waals surface area contributed by atoms with Crippen LogP contribution in [0.1, 0.15) is 11.3 Å². The lowest BCUT2D eigenvalue weighted by atomic mass is 9.95. The van der Waals surface area contributed by atoms with Gasteiger partial charge in [0.25, 0.3) is 0 Å². The number of ether oxygens (including phenoxy) is 2. The Hall–Kier alpha value is -3.64. The van der Waals surface area contributed by atoms with Gasteiger partial charge in [0.1, 0.15) is 11.5 Å². The third-order valence-electron chi connectivity index (χ3n) is 7.59. The van der Waals surface area contributed by atoms with Crippen molar-refractivity contribution < 1.29 is 19.1 Å². The molecule has 6 rings (SSSR count). The van der Waals surface area contributed by atoms with E-state index in [1.54, 1.807) is 4.90 Å². The number of carbonyl (C=O) groups excluding carboxylic acids is 2. The molecular weight excluding hydrogens is 422 g/mol. The van der Waals surface area contributed by atoms with Crippen LogP contribution in [-0.2, 0) is 21.3 Å². The maximum absolute atomic E-state index is 12.5. The average Bonchev–Trinajstić information content (AvgIpc) is 3.24. The Morgan fingerprint density at radius 2 is 2.12 bits per heavy atom. The van der Waals surface area contributed by atoms with Gasteiger partial charge in [0.15, 0.2) is 0 Å². The number of carbonyl (C=O) groups is 2. The average molecular weight is 445 g/mol. The third-order valence-corrected chi connectivity index (χ3v) is 7.59. The summed E-state index contributed by atoms with van der Waals surface area (Å²) in [6.07, 6.45) is 1.08. The number of aromatic nitrogens is 1. The molecule has 1 aromatic heterocycles. The summed E-state index contributed by atoms with van der Waals surface area (Å²) in [5.74, 6) is 0.714. The number of pyridine rings is 1. The Kier molecular flexibility index (Phi) is 4.35. The highest BCUT2D eigenvalue weighted by atomic mass is 16.6. The Balaban J connectivity index is 1.22. The second kappa shape index (κ2) is 7.18. The number of fused-ring (bicyclic) bond motifs is 4. The molecule has 33 heavy (non-hydrogen) atoms. The number of nitriles is 1. The first-order valence-corrected chi connectivity index (χ1v) is 11.1. The van der Waals surface area contributed by atoms with E-state index in [1.165, 1.54) is 7.11 Å². The normalized spacial score (nSPS) is 30.7. The van der Waals surface area contributed by atoms with Crippen LogP contribution in [0.25, 0.3) is 11.1 Å². The van der Waals surface area contributed by atoms with Crippen LogP contribution in [0.5, 0.6) is 0 Å². The van der Waals surface area contributed by atoms with Crippen molar-refractivity contribution in [3.63, 3.8) is 0 Å². The minimum atomic E-state index is -0.553. The van der Waals surface area contributed by atoms with E-state index < -0.39 is 23.7 Å². The zero-order chi connectivity index (χ0) is 22.7. The van der Waals surface area contributed by atoms with Crippen molar-refractivity contribution in [2.75, 3.05) is 31.6 Å². The number of nitrogens with one attached hydrogen (secondary N) is 2. The Morgan fingerprint density at radius 3 is 2.82 bits per heavy atom. The van der Waals surface area contributed by atoms with Gasteiger partial charge in [0.05, 0.1) is 37.1 Å². The second-order valence-electron chi connectivity index (χ2n) is 9.06. The fraction of sp³-hybridized carbons (Fsp3) is 0.417. The standard InChI is InChI=1S/C24H23N5O4/c1-32-22(30)28-11-20-19-7-15-6-13(2-4-18(15)29(19)23(31)33-20)14-3-5-21(27-8-14)24(12-25)16-9-26-10-17(16)24/h2-6,8,16-17,19-20,26H,7,9-11H2,1H3,(H,28,30)/t16?,17?,19-,20?,24?/m0/s1. The van der Waals surface area contributed by atoms with Crippen molar-refractivity contribution >= 4 is 17.9 Å². The number of amides is 2. The summed E-state index contributed by atoms with van der Waals surface area (Å²) in [5, 5.41) is 15.8. The van der Waals surface area contributed by atoms with Gasteiger partial charge in [-0.2, -0.15) is 5.26 Å². The number of hydrogen-bond acceptors (Lipinski definition) is 7. The first kappa shape index (κ1) is 20.0. The number of cyclic esters (lactones) is 1. The molecule has 2 saturated heterocycles. The van der Waals surface area contributed by atoms with E-state index in [0.29, 0.717) is 18.3 Å². The van der Waals surface area contributed by atoms with Gasteiger partial charge in [-0.3, -0.25) is 9.88 Å². The maximum atomic E-state index is 12.5. The van der Waals surface area contributed by atoms with Crippen molar-refractivity contribution in [3.05, 3.63) is 47.8 Å². The molecule has 0 radical (unpaired) electrons. The monoisotopic (exact) mass is 445 g/mol. The largest absolute Gasteiger partial charge is 0.453 e. The fourth-order valence-electron chi connectivity index (χ4n) is 5.84. The number of hydrogen-bond donors (Lipinski definition) is 2. The van der Waals surface area contributed by atoms with Gasteiger partial charge in [-0.05, 0) is 35.7 Å². The topological polar surface area (TPSA) is 117 Å². The molecule has 4 aliphatic rings. The molecule has 2 amide bonds. The molecule has 1 saturated carbocycles. The van der Waals surface area contributed by atoms with E-state index in [9.17, 15) is 14.9 Å². The first-order chi connectivity index (χ1) is 16.1. The van der Waals surface area contributed by atoms with Gasteiger partial charge in [-0.15, -0.1) is 0 Å². The van der Waals surface area contributed by atoms with E-state index in [-0.39, 0.29) is 12.6 Å². The van der Waals surface area contributed by atoms with Crippen molar-refractivity contribution in [3.8, 4) is 17.2 Å². The number of alkyl carbamates (subject to hydrolysis) is 1. The highest BCUT2D eigenvalue weighted by Crippen LogP contribution is 2.60. The molecule has 3 aliphatic heterocycles. The number of methoxy groups -OCH3 is 1. The minimum absolute atomic E-state index is 0.168. The van der Waals surface area contributed by atoms with E-state index in [2.05, 4.69) is 32.5 Å². The maximum Gasteiger partial charge on any atom is 0.415 e. The van der Waals surface area contributed by atoms with E-state index in [0.717, 1.165) is 41.2 Å². The number of anilines is 1. The van der Waals surface area contributed by atoms with Crippen molar-refractivity contribution in [2.45, 2.75) is 24.0 Å². The zero-order valence-corrected chi connectivity index (χ0v) is 18.1. The predicted molar refractivity (Wildman–Crippen MR) is 117 cm³/mol. The summed E-state index contributed by atoms with van der Waals surface area (Å²) < 4.78 is 10.1. The van der Waals surface area contributed by atoms with Crippen LogP contribution >= 0.6 is 0 Å². The summed E-state index contributed by atoms with van der Waals surface area (Å²) in [7, 11) is 1.30. The van der Waals surface area contributed by atoms with Crippen LogP contribution < -0.4 is 15.5 Å². The minimum Gasteiger partial charge on any atom is -0.453 e. The number of piperidine rings is 1. The smallest absolute Gasteiger partial charge is 0.415 e. The molecule has 2 N–H and O–H groups in total. The van der Waals surface area contributed by atoms with Crippen LogP contribution in [-0.4, -0.2) is 56.1 Å². The summed E-state index contributed by atoms with van der Waals surface area (Å²) >= 11 is 0. The van der Waals surface area contributed by atoms with Crippen LogP contribution in [0, 0.1) is 23.2 Å². The van der Waals surface area contributed by atoms with Crippen LogP contribution in [0.2, 0.25) is 0 Å². The van der Waals surface area contributed by atoms with Gasteiger partial charge < -0.3 is 20.1 Å². The van der Waals surface area contributed by atoms with Gasteiger partial charge in [-0.1, -0.05) is 12.1 Å². The van der Waals surface area contributed by atoms with Gasteiger partial charge in [0, 0.05) is 36.7 Å². The van der Waals surface area contributed by atoms with Crippen LogP contribution in [0.4, 0.5) is 15.3 Å². The quantitative estimate of drug-likeness (QED) is 0.739. The zero-order valence-electron chi connectivity index (χ0n) is 18.1. The Bertz CT molecular complexity index is 1180. The lowest BCUT2D eigenvalue weighted by Crippen LogP contribution is -2.40. The summed E-state index contributed by atoms with van der Waals surface area (Å²) in [4.78, 5) is 30.2. The molecule has 3 fully saturated rings. The Labute approximate surface area is 190 Å². The number of rotatable bonds is 4. The number of benzene rings is 1. The fourth-order valence-corrected chi connectivity index (χ4v) is 5.84. The first-order valence-electron chi connectivity index (χ1n) is 11.1. The van der Waals surface area contributed by atoms with E-state index in [1.807, 2.05) is 30.5 Å². The SMILES string of the molecule is COC(=O)NCC1OC(=O)N2c3ccc(-c4ccc(C5(C#N)C6CNCC65)nc4)cc3C[C@@H]12. The summed E-state index contributed by atoms with van der Waals surface area (Å²) in [6.45, 7) is 1.95. The molecule has 4 heterocycles. The van der Waals surface area contributed by atoms with Crippen molar-refractivity contribution in [1.29, 1.82) is 5.26 Å². The molecule has 4 atom stereocenters. The van der Waals surface area contributed by atoms with Gasteiger partial charge >= 0.3 is 12.2 Å². The predicted octanol–water partition coefficient (Wildman–Crippen LogP) is 1.97. The molecule has 168 valence electrons. The Morgan fingerprint density at radius 1 is 1.33 bits per heavy atom. The van der Waals surface area contributed by atoms with E-state index >= 15 is 0 Å². The molecular formula is C24H23N5O4. The lowest BCUT2D eigenvalue weighted by molar-refractivity contribution is 0.123. The summed E-state index contributed by atoms with van der Waals surface area (Å²) in [5.41, 5.74) is 4.28. The highest BCUT2D eigenvalue weighted by Gasteiger charge is 2.69. The molecule has 9 nitrogen and oxygen atoms in total. The molecule has 0 bridgehead atoms. The number of nitrogens with zero attached hydrogens (tertiary/aromatic N) is 3. The lowest BCUT2D eigenvalue weighted by Gasteiger charge is -2.16. The van der Waals surface area contributed by atoms with Crippen molar-refractivity contribution in [1.82, 2.24) is 15.6 Å². The molecule has 0 spiro atoms. The van der Waals surface area contributed by atoms with Gasteiger partial charge in [0.2, 0.25) is 0 Å². The van der Waals surface area contributed by atoms with E-state index in [4.69, 9.17) is 4.74 Å². The molecule has 3 unspecified atom stereocenters. The van der Waals surface area contributed by atoms with Crippen molar-refractivity contribution in [2.24, 2.45) is 11.8 Å². The molecule has 1 aliphatic carbocycles. The second-order valence-corrected chi connectivity index (χ2v) is 9.06. The third kappa shape index (κ3) is 2.84.